The van der Waals surface area contributed by atoms with E-state index in [1.54, 1.807) is 6.92 Å². The zero-order chi connectivity index (χ0) is 69.8. The van der Waals surface area contributed by atoms with Crippen LogP contribution in [0.4, 0.5) is 0 Å². The first kappa shape index (κ1) is 81.8. The summed E-state index contributed by atoms with van der Waals surface area (Å²) >= 11 is 0. The number of aliphatic hydroxyl groups is 16. The lowest BCUT2D eigenvalue weighted by Crippen LogP contribution is -2.59. The minimum absolute atomic E-state index is 0.0397. The van der Waals surface area contributed by atoms with Gasteiger partial charge in [0.2, 0.25) is 29.5 Å². The molecule has 37 heteroatoms. The summed E-state index contributed by atoms with van der Waals surface area (Å²) in [5.74, 6) is -8.20. The smallest absolute Gasteiger partial charge is 0.224 e. The van der Waals surface area contributed by atoms with Crippen LogP contribution in [0.1, 0.15) is 90.4 Å². The van der Waals surface area contributed by atoms with Gasteiger partial charge in [-0.1, -0.05) is 6.92 Å². The van der Waals surface area contributed by atoms with Crippen molar-refractivity contribution in [3.63, 3.8) is 0 Å². The second kappa shape index (κ2) is 42.3. The number of aliphatic hydroxyl groups excluding tert-OH is 16. The molecule has 542 valence electrons. The number of amides is 5. The molecule has 4 rings (SSSR count). The number of ketones is 3. The lowest BCUT2D eigenvalue weighted by atomic mass is 9.90. The Morgan fingerprint density at radius 1 is 0.372 bits per heavy atom. The third-order valence-electron chi connectivity index (χ3n) is 16.2. The van der Waals surface area contributed by atoms with E-state index in [0.29, 0.717) is 6.42 Å². The molecule has 4 heterocycles. The number of hydrogen-bond donors (Lipinski definition) is 21. The van der Waals surface area contributed by atoms with Gasteiger partial charge in [-0.2, -0.15) is 0 Å². The Kier molecular flexibility index (Phi) is 36.8. The Balaban J connectivity index is 1.54. The topological polar surface area (TPSA) is 594 Å². The van der Waals surface area contributed by atoms with E-state index in [-0.39, 0.29) is 83.9 Å². The van der Waals surface area contributed by atoms with Crippen LogP contribution in [0.5, 0.6) is 0 Å². The van der Waals surface area contributed by atoms with Gasteiger partial charge in [-0.3, -0.25) is 38.4 Å². The van der Waals surface area contributed by atoms with E-state index in [0.717, 1.165) is 0 Å². The average molecular weight is 1360 g/mol. The Morgan fingerprint density at radius 3 is 1.01 bits per heavy atom. The molecule has 23 atom stereocenters. The predicted molar refractivity (Wildman–Crippen MR) is 311 cm³/mol. The minimum atomic E-state index is -1.81. The number of rotatable bonds is 43. The number of ether oxygens (including phenoxy) is 8. The number of carbonyl (C=O) groups is 8. The van der Waals surface area contributed by atoms with Gasteiger partial charge in [0.15, 0.2) is 30.9 Å². The van der Waals surface area contributed by atoms with E-state index >= 15 is 0 Å². The fraction of sp³-hybridized carbons (Fsp3) is 0.860. The molecule has 0 aromatic heterocycles. The summed E-state index contributed by atoms with van der Waals surface area (Å²) in [7, 11) is 0. The number of Topliss-reactive ketones (excluding diaryl/α,β-unsaturated/α-hetero) is 3. The average Bonchev–Trinajstić information content (AvgIpc) is 0.988. The second-order valence-electron chi connectivity index (χ2n) is 23.2. The quantitative estimate of drug-likeness (QED) is 0.0252. The van der Waals surface area contributed by atoms with Gasteiger partial charge in [0.1, 0.15) is 109 Å². The number of nitrogens with one attached hydrogen (secondary N) is 5. The van der Waals surface area contributed by atoms with Gasteiger partial charge in [0.05, 0.1) is 58.9 Å². The van der Waals surface area contributed by atoms with Crippen molar-refractivity contribution in [2.24, 2.45) is 11.8 Å². The Morgan fingerprint density at radius 2 is 0.681 bits per heavy atom. The fourth-order valence-corrected chi connectivity index (χ4v) is 10.4. The van der Waals surface area contributed by atoms with E-state index in [9.17, 15) is 120 Å². The van der Waals surface area contributed by atoms with Gasteiger partial charge in [0, 0.05) is 89.4 Å². The van der Waals surface area contributed by atoms with Gasteiger partial charge in [-0.05, 0) is 32.1 Å². The Bertz CT molecular complexity index is 2330. The third kappa shape index (κ3) is 25.7. The van der Waals surface area contributed by atoms with E-state index < -0.39 is 260 Å². The molecule has 0 saturated carbocycles. The number of carbonyl (C=O) groups excluding carboxylic acids is 8. The van der Waals surface area contributed by atoms with Crippen LogP contribution in [0.3, 0.4) is 0 Å². The zero-order valence-corrected chi connectivity index (χ0v) is 52.1. The summed E-state index contributed by atoms with van der Waals surface area (Å²) in [5.41, 5.74) is 0. The maximum Gasteiger partial charge on any atom is 0.224 e. The maximum atomic E-state index is 14.7. The Hall–Kier alpha value is -4.60. The molecule has 0 aromatic rings. The van der Waals surface area contributed by atoms with Crippen molar-refractivity contribution in [1.82, 2.24) is 26.6 Å². The normalized spacial score (nSPS) is 32.1. The van der Waals surface area contributed by atoms with E-state index in [1.165, 1.54) is 0 Å². The number of unbranched alkanes of at least 4 members (excludes halogenated alkanes) is 1. The second-order valence-corrected chi connectivity index (χ2v) is 23.2. The fourth-order valence-electron chi connectivity index (χ4n) is 10.4. The van der Waals surface area contributed by atoms with Crippen LogP contribution < -0.4 is 26.6 Å². The monoisotopic (exact) mass is 1360 g/mol. The van der Waals surface area contributed by atoms with Crippen LogP contribution >= 0.6 is 0 Å². The molecular formula is C57H97N5O32. The van der Waals surface area contributed by atoms with Crippen LogP contribution in [0.25, 0.3) is 0 Å². The molecule has 5 amide bonds. The highest BCUT2D eigenvalue weighted by Crippen LogP contribution is 2.27. The first-order chi connectivity index (χ1) is 44.7. The highest BCUT2D eigenvalue weighted by atomic mass is 16.7. The van der Waals surface area contributed by atoms with Crippen LogP contribution in [0.15, 0.2) is 0 Å². The SMILES string of the molecule is CCC(=O)CCCCC(=O)C[C@@H](CCC(=O)NCCO[C@H]1O[C@H](CO)[C@@H](O)[C@H](O)[C@@H]1O)C(=O)N[C@@H](CCC(=O)NCCO[C@H]1O[C@H](CO)[C@@H](O)[C@H](O)[C@@H]1O)C(=O)C[C@@H](CCC(=O)NCCO[C@H]1O[C@H](CO)[C@@H](O)[C@H](O)[C@@H]1O)C(=O)NCCO[C@H]1O[C@H](CO)[C@@H](O)[C@H](O)[C@@H]1O. The molecule has 0 bridgehead atoms. The molecule has 0 aromatic carbocycles. The lowest BCUT2D eigenvalue weighted by molar-refractivity contribution is -0.300. The minimum Gasteiger partial charge on any atom is -0.394 e. The van der Waals surface area contributed by atoms with E-state index in [2.05, 4.69) is 26.6 Å². The molecule has 94 heavy (non-hydrogen) atoms. The molecule has 0 aliphatic carbocycles. The number of hydrogen-bond acceptors (Lipinski definition) is 32. The molecule has 4 aliphatic heterocycles. The van der Waals surface area contributed by atoms with E-state index in [1.807, 2.05) is 0 Å². The largest absolute Gasteiger partial charge is 0.394 e. The van der Waals surface area contributed by atoms with Gasteiger partial charge >= 0.3 is 0 Å². The first-order valence-electron chi connectivity index (χ1n) is 31.3. The van der Waals surface area contributed by atoms with Crippen LogP contribution in [0.2, 0.25) is 0 Å². The molecule has 0 spiro atoms. The van der Waals surface area contributed by atoms with Crippen molar-refractivity contribution in [2.75, 3.05) is 79.0 Å². The van der Waals surface area contributed by atoms with E-state index in [4.69, 9.17) is 37.9 Å². The van der Waals surface area contributed by atoms with Crippen molar-refractivity contribution >= 4 is 46.9 Å². The van der Waals surface area contributed by atoms with Crippen LogP contribution in [0, 0.1) is 11.8 Å². The molecule has 4 aliphatic rings. The van der Waals surface area contributed by atoms with Crippen LogP contribution in [-0.4, -0.2) is 336 Å². The lowest BCUT2D eigenvalue weighted by Gasteiger charge is -2.39. The summed E-state index contributed by atoms with van der Waals surface area (Å²) in [4.78, 5) is 109. The highest BCUT2D eigenvalue weighted by molar-refractivity contribution is 5.95. The molecule has 37 nitrogen and oxygen atoms in total. The maximum absolute atomic E-state index is 14.7. The van der Waals surface area contributed by atoms with Gasteiger partial charge < -0.3 is 146 Å². The molecule has 4 saturated heterocycles. The summed E-state index contributed by atoms with van der Waals surface area (Å²) in [6, 6.07) is -1.66. The molecular weight excluding hydrogens is 1270 g/mol. The molecule has 4 fully saturated rings. The Labute approximate surface area is 540 Å². The zero-order valence-electron chi connectivity index (χ0n) is 52.1. The standard InChI is InChI=1S/C57H97N5O32/c1-2-29(67)5-3-4-6-30(68)21-27(7-10-37(70)58-13-17-87-54-48(81)44(77)40(73)33(23-63)91-54)53(86)62-31(9-12-39(72)60-15-19-89-56-50(83)46(79)42(75)35(25-65)93-56)32(69)22-28(52(85)61-16-20-90-57-51(84)47(80)43(76)36(26-66)94-57)8-11-38(71)59-14-18-88-55-49(82)45(78)41(74)34(24-64)92-55/h27-28,31,33-36,40-51,54-57,63-66,73-84H,2-26H2,1H3,(H,58,70)(H,59,71)(H,60,72)(H,61,85)(H,62,86)/t27-,28-,31+,33-,34-,35-,36-,40-,41-,42-,43-,44+,45+,46+,47+,48+,49+,50+,51+,54+,55+,56+,57+/m1/s1. The van der Waals surface area contributed by atoms with Crippen LogP contribution in [-0.2, 0) is 76.3 Å². The summed E-state index contributed by atoms with van der Waals surface area (Å²) in [5, 5.41) is 173. The highest BCUT2D eigenvalue weighted by Gasteiger charge is 2.48. The summed E-state index contributed by atoms with van der Waals surface area (Å²) < 4.78 is 43.0. The van der Waals surface area contributed by atoms with Crippen molar-refractivity contribution in [3.8, 4) is 0 Å². The predicted octanol–water partition coefficient (Wildman–Crippen LogP) is -10.8. The summed E-state index contributed by atoms with van der Waals surface area (Å²) in [6.45, 7) is -3.99. The first-order valence-corrected chi connectivity index (χ1v) is 31.3. The van der Waals surface area contributed by atoms with Gasteiger partial charge in [-0.15, -0.1) is 0 Å². The molecule has 21 N–H and O–H groups in total. The summed E-state index contributed by atoms with van der Waals surface area (Å²) in [6.07, 6.45) is -35.2. The van der Waals surface area contributed by atoms with Crippen molar-refractivity contribution in [1.29, 1.82) is 0 Å². The molecule has 0 unspecified atom stereocenters. The molecule has 0 radical (unpaired) electrons. The van der Waals surface area contributed by atoms with Crippen molar-refractivity contribution < 1.29 is 158 Å². The van der Waals surface area contributed by atoms with Gasteiger partial charge in [-0.25, -0.2) is 0 Å². The third-order valence-corrected chi connectivity index (χ3v) is 16.2. The van der Waals surface area contributed by atoms with Crippen molar-refractivity contribution in [3.05, 3.63) is 0 Å². The van der Waals surface area contributed by atoms with Gasteiger partial charge in [0.25, 0.3) is 0 Å². The van der Waals surface area contributed by atoms with Crippen molar-refractivity contribution in [2.45, 2.75) is 219 Å².